The lowest BCUT2D eigenvalue weighted by Gasteiger charge is -2.37. The van der Waals surface area contributed by atoms with E-state index in [9.17, 15) is 8.78 Å². The Labute approximate surface area is 250 Å². The monoisotopic (exact) mass is 591 g/mol. The number of likely N-dealkylation sites (tertiary alicyclic amines) is 1. The molecule has 2 aliphatic rings. The van der Waals surface area contributed by atoms with E-state index in [2.05, 4.69) is 47.3 Å². The SMILES string of the molecule is CC/C(=C(\c1ccc2c(cnn2C2CCCCO2)c1)c1ccc(F)cc1Cl)c1ccc(OCCN2CC(CF)C2)cc1. The number of allylic oxidation sites excluding steroid dienone is 1. The van der Waals surface area contributed by atoms with Gasteiger partial charge in [0.05, 0.1) is 23.4 Å². The molecule has 1 atom stereocenters. The first-order valence-electron chi connectivity index (χ1n) is 14.8. The van der Waals surface area contributed by atoms with Crippen molar-refractivity contribution in [3.63, 3.8) is 0 Å². The first-order chi connectivity index (χ1) is 20.5. The van der Waals surface area contributed by atoms with Crippen molar-refractivity contribution >= 4 is 33.7 Å². The molecule has 0 amide bonds. The van der Waals surface area contributed by atoms with Crippen LogP contribution in [0.25, 0.3) is 22.0 Å². The smallest absolute Gasteiger partial charge is 0.150 e. The number of benzene rings is 3. The predicted molar refractivity (Wildman–Crippen MR) is 164 cm³/mol. The number of halogens is 3. The maximum atomic E-state index is 14.1. The Morgan fingerprint density at radius 3 is 2.57 bits per heavy atom. The lowest BCUT2D eigenvalue weighted by Crippen LogP contribution is -2.49. The molecule has 0 bridgehead atoms. The zero-order valence-corrected chi connectivity index (χ0v) is 24.6. The van der Waals surface area contributed by atoms with Crippen LogP contribution in [0.2, 0.25) is 5.02 Å². The Morgan fingerprint density at radius 1 is 1.05 bits per heavy atom. The fourth-order valence-electron chi connectivity index (χ4n) is 6.07. The summed E-state index contributed by atoms with van der Waals surface area (Å²) in [5.41, 5.74) is 5.88. The van der Waals surface area contributed by atoms with Gasteiger partial charge in [0, 0.05) is 43.1 Å². The van der Waals surface area contributed by atoms with Crippen LogP contribution in [0, 0.1) is 11.7 Å². The molecule has 2 aliphatic heterocycles. The van der Waals surface area contributed by atoms with Gasteiger partial charge in [-0.05, 0) is 90.4 Å². The van der Waals surface area contributed by atoms with E-state index in [1.54, 1.807) is 6.07 Å². The molecule has 5 nitrogen and oxygen atoms in total. The number of alkyl halides is 1. The van der Waals surface area contributed by atoms with Gasteiger partial charge in [0.1, 0.15) is 18.2 Å². The van der Waals surface area contributed by atoms with Crippen LogP contribution in [0.5, 0.6) is 5.75 Å². The van der Waals surface area contributed by atoms with Crippen molar-refractivity contribution in [1.82, 2.24) is 14.7 Å². The molecule has 2 fully saturated rings. The molecule has 8 heteroatoms. The van der Waals surface area contributed by atoms with Crippen LogP contribution in [0.3, 0.4) is 0 Å². The van der Waals surface area contributed by atoms with Gasteiger partial charge in [-0.15, -0.1) is 0 Å². The average Bonchev–Trinajstić information content (AvgIpc) is 3.42. The molecule has 4 aromatic rings. The van der Waals surface area contributed by atoms with Gasteiger partial charge in [-0.3, -0.25) is 9.29 Å². The number of hydrogen-bond donors (Lipinski definition) is 0. The summed E-state index contributed by atoms with van der Waals surface area (Å²) in [6, 6.07) is 19.0. The van der Waals surface area contributed by atoms with E-state index in [-0.39, 0.29) is 24.6 Å². The average molecular weight is 592 g/mol. The normalized spacial score (nSPS) is 18.6. The number of aromatic nitrogens is 2. The molecule has 3 aromatic carbocycles. The van der Waals surface area contributed by atoms with Gasteiger partial charge < -0.3 is 9.47 Å². The van der Waals surface area contributed by atoms with E-state index >= 15 is 0 Å². The van der Waals surface area contributed by atoms with Crippen LogP contribution >= 0.6 is 11.6 Å². The van der Waals surface area contributed by atoms with E-state index in [0.29, 0.717) is 11.6 Å². The summed E-state index contributed by atoms with van der Waals surface area (Å²) in [6.45, 7) is 5.58. The molecule has 0 spiro atoms. The number of rotatable bonds is 10. The summed E-state index contributed by atoms with van der Waals surface area (Å²) in [6.07, 6.45) is 5.74. The van der Waals surface area contributed by atoms with Gasteiger partial charge in [-0.2, -0.15) is 5.10 Å². The number of hydrogen-bond acceptors (Lipinski definition) is 4. The van der Waals surface area contributed by atoms with Crippen molar-refractivity contribution < 1.29 is 18.3 Å². The molecule has 0 aliphatic carbocycles. The van der Waals surface area contributed by atoms with E-state index < -0.39 is 0 Å². The summed E-state index contributed by atoms with van der Waals surface area (Å²) in [5, 5.41) is 6.05. The maximum absolute atomic E-state index is 14.1. The third-order valence-corrected chi connectivity index (χ3v) is 8.61. The third-order valence-electron chi connectivity index (χ3n) is 8.30. The Kier molecular flexibility index (Phi) is 8.89. The Balaban J connectivity index is 1.32. The molecular weight excluding hydrogens is 556 g/mol. The van der Waals surface area contributed by atoms with Gasteiger partial charge in [0.2, 0.25) is 0 Å². The molecule has 42 heavy (non-hydrogen) atoms. The quantitative estimate of drug-likeness (QED) is 0.174. The number of fused-ring (bicyclic) bond motifs is 1. The van der Waals surface area contributed by atoms with Gasteiger partial charge in [0.15, 0.2) is 6.23 Å². The first kappa shape index (κ1) is 28.8. The maximum Gasteiger partial charge on any atom is 0.150 e. The molecule has 0 saturated carbocycles. The zero-order chi connectivity index (χ0) is 29.1. The molecule has 220 valence electrons. The molecule has 2 saturated heterocycles. The minimum atomic E-state index is -0.370. The zero-order valence-electron chi connectivity index (χ0n) is 23.9. The second-order valence-electron chi connectivity index (χ2n) is 11.2. The van der Waals surface area contributed by atoms with Crippen LogP contribution in [0.4, 0.5) is 8.78 Å². The van der Waals surface area contributed by atoms with Crippen molar-refractivity contribution in [2.24, 2.45) is 5.92 Å². The summed E-state index contributed by atoms with van der Waals surface area (Å²) >= 11 is 6.68. The molecular formula is C34H36ClF2N3O2. The van der Waals surface area contributed by atoms with Crippen LogP contribution in [-0.4, -0.2) is 54.2 Å². The molecule has 0 radical (unpaired) electrons. The van der Waals surface area contributed by atoms with Crippen molar-refractivity contribution in [1.29, 1.82) is 0 Å². The highest BCUT2D eigenvalue weighted by Gasteiger charge is 2.26. The van der Waals surface area contributed by atoms with Crippen LogP contribution in [-0.2, 0) is 4.74 Å². The summed E-state index contributed by atoms with van der Waals surface area (Å²) in [7, 11) is 0. The van der Waals surface area contributed by atoms with Crippen LogP contribution in [0.1, 0.15) is 55.5 Å². The Bertz CT molecular complexity index is 1560. The van der Waals surface area contributed by atoms with Gasteiger partial charge >= 0.3 is 0 Å². The van der Waals surface area contributed by atoms with E-state index in [4.69, 9.17) is 21.1 Å². The van der Waals surface area contributed by atoms with Gasteiger partial charge in [-0.1, -0.05) is 36.7 Å². The lowest BCUT2D eigenvalue weighted by molar-refractivity contribution is -0.0366. The highest BCUT2D eigenvalue weighted by Crippen LogP contribution is 2.39. The van der Waals surface area contributed by atoms with E-state index in [0.717, 1.165) is 96.4 Å². The van der Waals surface area contributed by atoms with E-state index in [1.165, 1.54) is 12.1 Å². The fourth-order valence-corrected chi connectivity index (χ4v) is 6.33. The third kappa shape index (κ3) is 6.10. The second kappa shape index (κ2) is 12.9. The van der Waals surface area contributed by atoms with Crippen LogP contribution in [0.15, 0.2) is 66.9 Å². The summed E-state index contributed by atoms with van der Waals surface area (Å²) in [5.74, 6) is 0.595. The highest BCUT2D eigenvalue weighted by molar-refractivity contribution is 6.33. The van der Waals surface area contributed by atoms with Gasteiger partial charge in [-0.25, -0.2) is 9.07 Å². The topological polar surface area (TPSA) is 39.5 Å². The van der Waals surface area contributed by atoms with Crippen molar-refractivity contribution in [2.75, 3.05) is 39.5 Å². The molecule has 1 unspecified atom stereocenters. The lowest BCUT2D eigenvalue weighted by atomic mass is 9.87. The Morgan fingerprint density at radius 2 is 1.86 bits per heavy atom. The highest BCUT2D eigenvalue weighted by atomic mass is 35.5. The molecule has 1 aromatic heterocycles. The van der Waals surface area contributed by atoms with Crippen LogP contribution < -0.4 is 4.74 Å². The molecule has 3 heterocycles. The first-order valence-corrected chi connectivity index (χ1v) is 15.2. The standard InChI is InChI=1S/C34H36ClF2N3O2/c1-2-29(24-6-10-28(11-7-24)41-16-14-39-21-23(19-36)22-39)34(30-12-9-27(37)18-31(30)35)25-8-13-32-26(17-25)20-38-40(32)33-5-3-4-15-42-33/h6-13,17-18,20,23,33H,2-5,14-16,19,21-22H2,1H3/b34-29-. The molecule has 0 N–H and O–H groups in total. The fraction of sp³-hybridized carbons (Fsp3) is 0.382. The summed E-state index contributed by atoms with van der Waals surface area (Å²) < 4.78 is 40.8. The molecule has 6 rings (SSSR count). The largest absolute Gasteiger partial charge is 0.492 e. The number of ether oxygens (including phenoxy) is 2. The predicted octanol–water partition coefficient (Wildman–Crippen LogP) is 8.18. The Hall–Kier alpha value is -3.26. The summed E-state index contributed by atoms with van der Waals surface area (Å²) in [4.78, 5) is 2.21. The van der Waals surface area contributed by atoms with Crippen molar-refractivity contribution in [3.05, 3.63) is 94.4 Å². The van der Waals surface area contributed by atoms with E-state index in [1.807, 2.05) is 23.0 Å². The minimum Gasteiger partial charge on any atom is -0.492 e. The van der Waals surface area contributed by atoms with Gasteiger partial charge in [0.25, 0.3) is 0 Å². The van der Waals surface area contributed by atoms with Crippen molar-refractivity contribution in [2.45, 2.75) is 38.8 Å². The second-order valence-corrected chi connectivity index (χ2v) is 11.6. The minimum absolute atomic E-state index is 0.0476. The number of nitrogens with zero attached hydrogens (tertiary/aromatic N) is 3. The van der Waals surface area contributed by atoms with Crippen molar-refractivity contribution in [3.8, 4) is 5.75 Å².